The fourth-order valence-corrected chi connectivity index (χ4v) is 4.52. The summed E-state index contributed by atoms with van der Waals surface area (Å²) >= 11 is 0. The van der Waals surface area contributed by atoms with Crippen molar-refractivity contribution >= 4 is 14.3 Å². The summed E-state index contributed by atoms with van der Waals surface area (Å²) in [7, 11) is 1.22. The number of hydrogen-bond acceptors (Lipinski definition) is 6. The van der Waals surface area contributed by atoms with Gasteiger partial charge in [-0.1, -0.05) is 18.2 Å². The van der Waals surface area contributed by atoms with Crippen molar-refractivity contribution in [1.82, 2.24) is 0 Å². The van der Waals surface area contributed by atoms with Crippen LogP contribution in [0.5, 0.6) is 5.75 Å². The first-order chi connectivity index (χ1) is 12.4. The third-order valence-corrected chi connectivity index (χ3v) is 5.25. The summed E-state index contributed by atoms with van der Waals surface area (Å²) in [5.74, 6) is 0.164. The fourth-order valence-electron chi connectivity index (χ4n) is 3.11. The van der Waals surface area contributed by atoms with E-state index in [1.807, 2.05) is 39.0 Å². The summed E-state index contributed by atoms with van der Waals surface area (Å²) in [5.41, 5.74) is -0.655. The van der Waals surface area contributed by atoms with Crippen molar-refractivity contribution in [3.05, 3.63) is 29.8 Å². The van der Waals surface area contributed by atoms with E-state index in [0.29, 0.717) is 12.4 Å². The summed E-state index contributed by atoms with van der Waals surface area (Å²) in [6.07, 6.45) is -1.06. The molecule has 0 bridgehead atoms. The van der Waals surface area contributed by atoms with Gasteiger partial charge in [-0.25, -0.2) is 0 Å². The molecule has 1 aliphatic heterocycles. The van der Waals surface area contributed by atoms with Crippen LogP contribution in [0.25, 0.3) is 0 Å². The predicted molar refractivity (Wildman–Crippen MR) is 105 cm³/mol. The van der Waals surface area contributed by atoms with Crippen LogP contribution < -0.4 is 4.74 Å². The second kappa shape index (κ2) is 8.01. The van der Waals surface area contributed by atoms with Gasteiger partial charge in [-0.15, -0.1) is 0 Å². The summed E-state index contributed by atoms with van der Waals surface area (Å²) in [5, 5.41) is 0. The molecule has 1 fully saturated rings. The Kier molecular flexibility index (Phi) is 6.54. The predicted octanol–water partition coefficient (Wildman–Crippen LogP) is 3.92. The Hall–Kier alpha value is -1.25. The SMILES string of the molecule is COC(OC)C1(O[Si](C)(C)C)COC1c1ccccc1OC(=O)C(C)(C)C. The van der Waals surface area contributed by atoms with E-state index in [1.165, 1.54) is 0 Å². The van der Waals surface area contributed by atoms with E-state index in [2.05, 4.69) is 19.6 Å². The smallest absolute Gasteiger partial charge is 0.316 e. The minimum atomic E-state index is -1.96. The van der Waals surface area contributed by atoms with Crippen LogP contribution in [0, 0.1) is 5.41 Å². The molecule has 2 unspecified atom stereocenters. The lowest BCUT2D eigenvalue weighted by Gasteiger charge is -2.54. The van der Waals surface area contributed by atoms with Crippen LogP contribution in [-0.4, -0.2) is 47.0 Å². The molecule has 0 N–H and O–H groups in total. The van der Waals surface area contributed by atoms with Crippen molar-refractivity contribution in [1.29, 1.82) is 0 Å². The number of hydrogen-bond donors (Lipinski definition) is 0. The molecular formula is C20H32O6Si. The van der Waals surface area contributed by atoms with Crippen LogP contribution in [0.3, 0.4) is 0 Å². The zero-order valence-electron chi connectivity index (χ0n) is 17.6. The average Bonchev–Trinajstić information content (AvgIpc) is 2.53. The standard InChI is InChI=1S/C20H32O6Si/c1-19(2,3)17(21)25-15-12-10-9-11-14(15)16-20(13-24-16,18(22-4)23-5)26-27(6,7)8/h9-12,16,18H,13H2,1-8H3. The highest BCUT2D eigenvalue weighted by atomic mass is 28.4. The van der Waals surface area contributed by atoms with Gasteiger partial charge in [0.2, 0.25) is 0 Å². The Balaban J connectivity index is 2.43. The van der Waals surface area contributed by atoms with Gasteiger partial charge in [-0.3, -0.25) is 4.79 Å². The molecule has 0 spiro atoms. The molecule has 0 saturated carbocycles. The Morgan fingerprint density at radius 1 is 1.19 bits per heavy atom. The highest BCUT2D eigenvalue weighted by Gasteiger charge is 2.59. The third kappa shape index (κ3) is 4.78. The molecule has 1 saturated heterocycles. The number of esters is 1. The molecule has 1 aromatic rings. The molecule has 2 atom stereocenters. The lowest BCUT2D eigenvalue weighted by Crippen LogP contribution is -2.66. The zero-order valence-corrected chi connectivity index (χ0v) is 18.6. The number of carbonyl (C=O) groups excluding carboxylic acids is 1. The van der Waals surface area contributed by atoms with Crippen molar-refractivity contribution in [2.45, 2.75) is 58.4 Å². The molecule has 152 valence electrons. The lowest BCUT2D eigenvalue weighted by molar-refractivity contribution is -0.326. The molecule has 0 amide bonds. The fraction of sp³-hybridized carbons (Fsp3) is 0.650. The van der Waals surface area contributed by atoms with E-state index in [9.17, 15) is 4.79 Å². The van der Waals surface area contributed by atoms with Gasteiger partial charge in [0.25, 0.3) is 0 Å². The van der Waals surface area contributed by atoms with Crippen molar-refractivity contribution in [3.63, 3.8) is 0 Å². The first kappa shape index (κ1) is 22.0. The first-order valence-electron chi connectivity index (χ1n) is 9.13. The Labute approximate surface area is 163 Å². The Morgan fingerprint density at radius 3 is 2.22 bits per heavy atom. The molecule has 0 radical (unpaired) electrons. The topological polar surface area (TPSA) is 63.2 Å². The molecule has 1 heterocycles. The van der Waals surface area contributed by atoms with E-state index in [-0.39, 0.29) is 5.97 Å². The normalized spacial score (nSPS) is 23.2. The highest BCUT2D eigenvalue weighted by Crippen LogP contribution is 2.49. The minimum absolute atomic E-state index is 0.305. The zero-order chi connectivity index (χ0) is 20.5. The van der Waals surface area contributed by atoms with Crippen LogP contribution >= 0.6 is 0 Å². The average molecular weight is 397 g/mol. The summed E-state index contributed by atoms with van der Waals surface area (Å²) in [6, 6.07) is 7.38. The van der Waals surface area contributed by atoms with E-state index in [0.717, 1.165) is 5.56 Å². The molecule has 7 heteroatoms. The number of ether oxygens (including phenoxy) is 4. The summed E-state index contributed by atoms with van der Waals surface area (Å²) < 4.78 is 29.3. The van der Waals surface area contributed by atoms with Crippen molar-refractivity contribution < 1.29 is 28.2 Å². The highest BCUT2D eigenvalue weighted by molar-refractivity contribution is 6.69. The van der Waals surface area contributed by atoms with Gasteiger partial charge in [0.05, 0.1) is 12.0 Å². The van der Waals surface area contributed by atoms with Crippen molar-refractivity contribution in [2.24, 2.45) is 5.41 Å². The molecule has 0 aromatic heterocycles. The number of benzene rings is 1. The van der Waals surface area contributed by atoms with E-state index in [1.54, 1.807) is 20.3 Å². The van der Waals surface area contributed by atoms with E-state index in [4.69, 9.17) is 23.4 Å². The number of carbonyl (C=O) groups is 1. The number of rotatable bonds is 7. The van der Waals surface area contributed by atoms with Crippen LogP contribution in [0.4, 0.5) is 0 Å². The van der Waals surface area contributed by atoms with Gasteiger partial charge in [0.15, 0.2) is 20.2 Å². The van der Waals surface area contributed by atoms with E-state index < -0.39 is 31.7 Å². The maximum absolute atomic E-state index is 12.4. The van der Waals surface area contributed by atoms with Crippen LogP contribution in [0.1, 0.15) is 32.4 Å². The molecule has 1 aliphatic rings. The molecule has 0 aliphatic carbocycles. The molecule has 6 nitrogen and oxygen atoms in total. The second-order valence-electron chi connectivity index (χ2n) is 8.84. The monoisotopic (exact) mass is 396 g/mol. The van der Waals surface area contributed by atoms with Gasteiger partial charge in [0.1, 0.15) is 11.9 Å². The maximum Gasteiger partial charge on any atom is 0.316 e. The van der Waals surface area contributed by atoms with Crippen molar-refractivity contribution in [2.75, 3.05) is 20.8 Å². The lowest BCUT2D eigenvalue weighted by atomic mass is 9.85. The Bertz CT molecular complexity index is 659. The van der Waals surface area contributed by atoms with Gasteiger partial charge < -0.3 is 23.4 Å². The first-order valence-corrected chi connectivity index (χ1v) is 12.5. The van der Waals surface area contributed by atoms with Crippen LogP contribution in [-0.2, 0) is 23.4 Å². The molecular weight excluding hydrogens is 364 g/mol. The van der Waals surface area contributed by atoms with Gasteiger partial charge in [-0.2, -0.15) is 0 Å². The number of methoxy groups -OCH3 is 2. The quantitative estimate of drug-likeness (QED) is 0.301. The largest absolute Gasteiger partial charge is 0.426 e. The number of para-hydroxylation sites is 1. The van der Waals surface area contributed by atoms with Gasteiger partial charge >= 0.3 is 5.97 Å². The molecule has 1 aromatic carbocycles. The van der Waals surface area contributed by atoms with Crippen LogP contribution in [0.15, 0.2) is 24.3 Å². The summed E-state index contributed by atoms with van der Waals surface area (Å²) in [6.45, 7) is 12.1. The van der Waals surface area contributed by atoms with E-state index >= 15 is 0 Å². The van der Waals surface area contributed by atoms with Gasteiger partial charge in [-0.05, 0) is 46.5 Å². The summed E-state index contributed by atoms with van der Waals surface area (Å²) in [4.78, 5) is 12.4. The Morgan fingerprint density at radius 2 is 1.78 bits per heavy atom. The van der Waals surface area contributed by atoms with Crippen LogP contribution in [0.2, 0.25) is 19.6 Å². The minimum Gasteiger partial charge on any atom is -0.426 e. The molecule has 2 rings (SSSR count). The van der Waals surface area contributed by atoms with Gasteiger partial charge in [0, 0.05) is 19.8 Å². The maximum atomic E-state index is 12.4. The second-order valence-corrected chi connectivity index (χ2v) is 13.3. The third-order valence-electron chi connectivity index (χ3n) is 4.26. The van der Waals surface area contributed by atoms with Crippen molar-refractivity contribution in [3.8, 4) is 5.75 Å². The molecule has 27 heavy (non-hydrogen) atoms.